The van der Waals surface area contributed by atoms with Gasteiger partial charge in [0, 0.05) is 45.9 Å². The monoisotopic (exact) mass is 431 g/mol. The van der Waals surface area contributed by atoms with Gasteiger partial charge in [-0.15, -0.1) is 0 Å². The molecule has 7 heteroatoms. The van der Waals surface area contributed by atoms with Crippen molar-refractivity contribution in [3.05, 3.63) is 110 Å². The molecule has 0 spiro atoms. The maximum absolute atomic E-state index is 13.5. The topological polar surface area (TPSA) is 79.2 Å². The number of aromatic amines is 1. The van der Waals surface area contributed by atoms with E-state index in [4.69, 9.17) is 11.6 Å². The van der Waals surface area contributed by atoms with Gasteiger partial charge in [-0.25, -0.2) is 0 Å². The zero-order valence-electron chi connectivity index (χ0n) is 16.4. The maximum atomic E-state index is 13.5. The number of aromatic nitrogens is 1. The number of rotatable bonds is 3. The fourth-order valence-corrected chi connectivity index (χ4v) is 4.47. The van der Waals surface area contributed by atoms with Crippen LogP contribution in [-0.4, -0.2) is 27.3 Å². The molecular weight excluding hydrogens is 414 g/mol. The van der Waals surface area contributed by atoms with Gasteiger partial charge >= 0.3 is 0 Å². The molecule has 0 radical (unpaired) electrons. The zero-order chi connectivity index (χ0) is 21.5. The van der Waals surface area contributed by atoms with Crippen molar-refractivity contribution in [3.8, 4) is 0 Å². The van der Waals surface area contributed by atoms with Crippen LogP contribution in [0.15, 0.2) is 72.8 Å². The standard InChI is InChI=1S/C24H18ClN3O3/c25-17-9-5-15(6-10-17)23-22-20(19-3-1-2-4-21(19)26-22)13-14-27(23)24(29)16-7-11-18(12-8-16)28(30)31/h1-12,23,26H,13-14H2/t23-/m1/s1. The largest absolute Gasteiger partial charge is 0.356 e. The molecule has 154 valence electrons. The van der Waals surface area contributed by atoms with E-state index in [1.165, 1.54) is 35.2 Å². The van der Waals surface area contributed by atoms with Crippen LogP contribution >= 0.6 is 11.6 Å². The van der Waals surface area contributed by atoms with Crippen LogP contribution in [0.2, 0.25) is 5.02 Å². The molecule has 2 heterocycles. The molecule has 5 rings (SSSR count). The van der Waals surface area contributed by atoms with Crippen molar-refractivity contribution in [1.82, 2.24) is 9.88 Å². The number of halogens is 1. The normalized spacial score (nSPS) is 15.6. The molecule has 6 nitrogen and oxygen atoms in total. The summed E-state index contributed by atoms with van der Waals surface area (Å²) in [6.45, 7) is 0.540. The Balaban J connectivity index is 1.61. The number of carbonyl (C=O) groups is 1. The number of non-ortho nitro benzene ring substituents is 1. The highest BCUT2D eigenvalue weighted by Gasteiger charge is 2.35. The first-order chi connectivity index (χ1) is 15.0. The van der Waals surface area contributed by atoms with Crippen LogP contribution in [0.5, 0.6) is 0 Å². The van der Waals surface area contributed by atoms with Crippen LogP contribution < -0.4 is 0 Å². The van der Waals surface area contributed by atoms with Gasteiger partial charge in [0.25, 0.3) is 11.6 Å². The molecule has 1 N–H and O–H groups in total. The van der Waals surface area contributed by atoms with Crippen molar-refractivity contribution >= 4 is 34.1 Å². The summed E-state index contributed by atoms with van der Waals surface area (Å²) in [5.41, 5.74) is 4.57. The lowest BCUT2D eigenvalue weighted by molar-refractivity contribution is -0.384. The maximum Gasteiger partial charge on any atom is 0.269 e. The van der Waals surface area contributed by atoms with Crippen molar-refractivity contribution in [2.75, 3.05) is 6.54 Å². The van der Waals surface area contributed by atoms with Gasteiger partial charge in [-0.1, -0.05) is 41.9 Å². The van der Waals surface area contributed by atoms with E-state index in [0.717, 1.165) is 23.2 Å². The zero-order valence-corrected chi connectivity index (χ0v) is 17.2. The molecule has 1 aromatic heterocycles. The van der Waals surface area contributed by atoms with Gasteiger partial charge in [0.1, 0.15) is 0 Å². The number of hydrogen-bond acceptors (Lipinski definition) is 3. The first-order valence-electron chi connectivity index (χ1n) is 9.93. The smallest absolute Gasteiger partial charge is 0.269 e. The molecule has 0 unspecified atom stereocenters. The quantitative estimate of drug-likeness (QED) is 0.342. The van der Waals surface area contributed by atoms with Gasteiger partial charge in [-0.3, -0.25) is 14.9 Å². The number of nitro benzene ring substituents is 1. The summed E-state index contributed by atoms with van der Waals surface area (Å²) in [7, 11) is 0. The predicted octanol–water partition coefficient (Wildman–Crippen LogP) is 5.52. The number of fused-ring (bicyclic) bond motifs is 3. The second kappa shape index (κ2) is 7.56. The Morgan fingerprint density at radius 2 is 1.74 bits per heavy atom. The van der Waals surface area contributed by atoms with Gasteiger partial charge in [-0.05, 0) is 47.9 Å². The summed E-state index contributed by atoms with van der Waals surface area (Å²) >= 11 is 6.11. The third-order valence-electron chi connectivity index (χ3n) is 5.81. The summed E-state index contributed by atoms with van der Waals surface area (Å²) < 4.78 is 0. The van der Waals surface area contributed by atoms with Crippen molar-refractivity contribution in [2.24, 2.45) is 0 Å². The molecule has 0 fully saturated rings. The minimum absolute atomic E-state index is 0.0395. The average Bonchev–Trinajstić information content (AvgIpc) is 3.17. The highest BCUT2D eigenvalue weighted by atomic mass is 35.5. The van der Waals surface area contributed by atoms with Crippen molar-refractivity contribution in [3.63, 3.8) is 0 Å². The summed E-state index contributed by atoms with van der Waals surface area (Å²) in [6.07, 6.45) is 0.724. The minimum atomic E-state index is -0.470. The van der Waals surface area contributed by atoms with Crippen LogP contribution in [-0.2, 0) is 6.42 Å². The van der Waals surface area contributed by atoms with E-state index < -0.39 is 4.92 Å². The Kier molecular flexibility index (Phi) is 4.71. The second-order valence-corrected chi connectivity index (χ2v) is 8.01. The van der Waals surface area contributed by atoms with Crippen LogP contribution in [0.25, 0.3) is 10.9 Å². The minimum Gasteiger partial charge on any atom is -0.356 e. The molecule has 1 aliphatic rings. The van der Waals surface area contributed by atoms with Gasteiger partial charge in [-0.2, -0.15) is 0 Å². The van der Waals surface area contributed by atoms with E-state index in [9.17, 15) is 14.9 Å². The van der Waals surface area contributed by atoms with E-state index in [0.29, 0.717) is 17.1 Å². The molecule has 4 aromatic rings. The molecule has 0 aliphatic carbocycles. The SMILES string of the molecule is O=C(c1ccc([N+](=O)[O-])cc1)N1CCc2c([nH]c3ccccc23)[C@H]1c1ccc(Cl)cc1. The number of hydrogen-bond donors (Lipinski definition) is 1. The number of benzene rings is 3. The molecule has 3 aromatic carbocycles. The molecule has 0 saturated carbocycles. The number of amides is 1. The van der Waals surface area contributed by atoms with E-state index in [1.54, 1.807) is 0 Å². The fourth-order valence-electron chi connectivity index (χ4n) is 4.34. The average molecular weight is 432 g/mol. The molecule has 0 saturated heterocycles. The van der Waals surface area contributed by atoms with Crippen LogP contribution in [0.3, 0.4) is 0 Å². The van der Waals surface area contributed by atoms with E-state index in [-0.39, 0.29) is 17.6 Å². The summed E-state index contributed by atoms with van der Waals surface area (Å²) in [6, 6.07) is 21.1. The number of nitrogens with zero attached hydrogens (tertiary/aromatic N) is 2. The lowest BCUT2D eigenvalue weighted by Gasteiger charge is -2.36. The Morgan fingerprint density at radius 3 is 2.45 bits per heavy atom. The molecular formula is C24H18ClN3O3. The van der Waals surface area contributed by atoms with E-state index in [2.05, 4.69) is 11.1 Å². The second-order valence-electron chi connectivity index (χ2n) is 7.57. The molecule has 0 bridgehead atoms. The predicted molar refractivity (Wildman–Crippen MR) is 119 cm³/mol. The van der Waals surface area contributed by atoms with Crippen LogP contribution in [0.1, 0.15) is 33.2 Å². The van der Waals surface area contributed by atoms with Crippen molar-refractivity contribution < 1.29 is 9.72 Å². The van der Waals surface area contributed by atoms with Gasteiger partial charge in [0.2, 0.25) is 0 Å². The highest BCUT2D eigenvalue weighted by molar-refractivity contribution is 6.30. The van der Waals surface area contributed by atoms with Crippen LogP contribution in [0, 0.1) is 10.1 Å². The number of carbonyl (C=O) groups excluding carboxylic acids is 1. The number of nitro groups is 1. The van der Waals surface area contributed by atoms with Gasteiger partial charge in [0.05, 0.1) is 11.0 Å². The van der Waals surface area contributed by atoms with Crippen LogP contribution in [0.4, 0.5) is 5.69 Å². The van der Waals surface area contributed by atoms with Gasteiger partial charge in [0.15, 0.2) is 0 Å². The third kappa shape index (κ3) is 3.35. The third-order valence-corrected chi connectivity index (χ3v) is 6.06. The Morgan fingerprint density at radius 1 is 1.03 bits per heavy atom. The summed E-state index contributed by atoms with van der Waals surface area (Å²) in [5, 5.41) is 12.8. The van der Waals surface area contributed by atoms with Crippen molar-refractivity contribution in [1.29, 1.82) is 0 Å². The van der Waals surface area contributed by atoms with E-state index in [1.807, 2.05) is 47.4 Å². The Labute approximate surface area is 183 Å². The summed E-state index contributed by atoms with van der Waals surface area (Å²) in [4.78, 5) is 29.3. The Hall–Kier alpha value is -3.64. The molecule has 31 heavy (non-hydrogen) atoms. The lowest BCUT2D eigenvalue weighted by atomic mass is 9.91. The molecule has 1 atom stereocenters. The van der Waals surface area contributed by atoms with Gasteiger partial charge < -0.3 is 9.88 Å². The molecule has 1 aliphatic heterocycles. The highest BCUT2D eigenvalue weighted by Crippen LogP contribution is 2.39. The number of H-pyrrole nitrogens is 1. The first-order valence-corrected chi connectivity index (χ1v) is 10.3. The Bertz CT molecular complexity index is 1300. The number of nitrogens with one attached hydrogen (secondary N) is 1. The summed E-state index contributed by atoms with van der Waals surface area (Å²) in [5.74, 6) is -0.167. The van der Waals surface area contributed by atoms with E-state index >= 15 is 0 Å². The van der Waals surface area contributed by atoms with Crippen molar-refractivity contribution in [2.45, 2.75) is 12.5 Å². The molecule has 1 amide bonds. The lowest BCUT2D eigenvalue weighted by Crippen LogP contribution is -2.40. The first kappa shape index (κ1) is 19.3. The fraction of sp³-hybridized carbons (Fsp3) is 0.125. The number of para-hydroxylation sites is 1.